The van der Waals surface area contributed by atoms with Crippen LogP contribution in [0.2, 0.25) is 0 Å². The highest BCUT2D eigenvalue weighted by Crippen LogP contribution is 2.42. The van der Waals surface area contributed by atoms with Gasteiger partial charge in [0.1, 0.15) is 10.6 Å². The van der Waals surface area contributed by atoms with Gasteiger partial charge in [0.25, 0.3) is 10.1 Å². The molecule has 212 valence electrons. The van der Waals surface area contributed by atoms with Crippen LogP contribution in [0.15, 0.2) is 140 Å². The maximum Gasteiger partial charge on any atom is 0.344 e. The summed E-state index contributed by atoms with van der Waals surface area (Å²) >= 11 is 0. The first kappa shape index (κ1) is 27.7. The number of benzene rings is 5. The maximum absolute atomic E-state index is 13.8. The van der Waals surface area contributed by atoms with Crippen molar-refractivity contribution in [1.29, 1.82) is 0 Å². The predicted molar refractivity (Wildman–Crippen MR) is 161 cm³/mol. The fourth-order valence-corrected chi connectivity index (χ4v) is 5.67. The zero-order valence-corrected chi connectivity index (χ0v) is 23.1. The van der Waals surface area contributed by atoms with E-state index in [1.165, 1.54) is 6.07 Å². The first-order valence-electron chi connectivity index (χ1n) is 13.1. The number of carbonyl (C=O) groups excluding carboxylic acids is 1. The van der Waals surface area contributed by atoms with E-state index in [-0.39, 0.29) is 10.9 Å². The molecule has 0 saturated carbocycles. The van der Waals surface area contributed by atoms with Gasteiger partial charge in [-0.2, -0.15) is 8.42 Å². The van der Waals surface area contributed by atoms with Crippen molar-refractivity contribution in [3.8, 4) is 5.75 Å². The van der Waals surface area contributed by atoms with Crippen molar-refractivity contribution < 1.29 is 27.3 Å². The topological polar surface area (TPSA) is 147 Å². The van der Waals surface area contributed by atoms with Crippen molar-refractivity contribution in [1.82, 2.24) is 0 Å². The lowest BCUT2D eigenvalue weighted by Gasteiger charge is -2.18. The average molecular weight is 591 g/mol. The minimum absolute atomic E-state index is 0.101. The third-order valence-corrected chi connectivity index (χ3v) is 7.95. The van der Waals surface area contributed by atoms with Gasteiger partial charge in [0.15, 0.2) is 17.1 Å². The number of Topliss-reactive ketones (excluding diaryl/α,β-unsaturated/α-hetero) is 1. The smallest absolute Gasteiger partial charge is 0.344 e. The van der Waals surface area contributed by atoms with Gasteiger partial charge >= 0.3 is 5.63 Å². The van der Waals surface area contributed by atoms with Gasteiger partial charge in [0, 0.05) is 10.9 Å². The zero-order chi connectivity index (χ0) is 30.1. The van der Waals surface area contributed by atoms with Crippen molar-refractivity contribution in [3.63, 3.8) is 0 Å². The van der Waals surface area contributed by atoms with Gasteiger partial charge in [0.05, 0.1) is 22.6 Å². The summed E-state index contributed by atoms with van der Waals surface area (Å²) in [6, 6.07) is 31.6. The van der Waals surface area contributed by atoms with Gasteiger partial charge < -0.3 is 9.52 Å². The molecule has 1 aromatic heterocycles. The highest BCUT2D eigenvalue weighted by atomic mass is 32.2. The fourth-order valence-electron chi connectivity index (χ4n) is 5.05. The van der Waals surface area contributed by atoms with Crippen molar-refractivity contribution >= 4 is 49.0 Å². The lowest BCUT2D eigenvalue weighted by molar-refractivity contribution is 0.0971. The molecule has 6 rings (SSSR count). The number of carbonyl (C=O) groups is 1. The summed E-state index contributed by atoms with van der Waals surface area (Å²) in [5.41, 5.74) is -1.20. The minimum atomic E-state index is -4.87. The number of fused-ring (bicyclic) bond motifs is 2. The van der Waals surface area contributed by atoms with Crippen LogP contribution in [-0.2, 0) is 10.1 Å². The largest absolute Gasteiger partial charge is 0.507 e. The molecule has 2 N–H and O–H groups in total. The molecule has 10 heteroatoms. The molecule has 0 aliphatic carbocycles. The molecule has 0 aliphatic heterocycles. The van der Waals surface area contributed by atoms with Gasteiger partial charge in [-0.1, -0.05) is 97.1 Å². The van der Waals surface area contributed by atoms with E-state index in [0.29, 0.717) is 16.8 Å². The van der Waals surface area contributed by atoms with Crippen LogP contribution < -0.4 is 5.63 Å². The molecule has 0 aliphatic rings. The number of ketones is 1. The average Bonchev–Trinajstić information content (AvgIpc) is 3.02. The number of nitrogens with zero attached hydrogens (tertiary/aromatic N) is 2. The van der Waals surface area contributed by atoms with Crippen LogP contribution in [0.3, 0.4) is 0 Å². The van der Waals surface area contributed by atoms with E-state index in [9.17, 15) is 27.7 Å². The Kier molecular flexibility index (Phi) is 7.14. The molecule has 0 radical (unpaired) electrons. The van der Waals surface area contributed by atoms with E-state index in [2.05, 4.69) is 10.2 Å². The lowest BCUT2D eigenvalue weighted by Crippen LogP contribution is -2.22. The highest BCUT2D eigenvalue weighted by molar-refractivity contribution is 7.86. The van der Waals surface area contributed by atoms with Crippen LogP contribution in [0.1, 0.15) is 27.4 Å². The fraction of sp³-hybridized carbons (Fsp3) is 0.0303. The van der Waals surface area contributed by atoms with Crippen LogP contribution in [-0.4, -0.2) is 23.9 Å². The molecule has 1 heterocycles. The molecule has 43 heavy (non-hydrogen) atoms. The molecule has 0 spiro atoms. The maximum atomic E-state index is 13.8. The molecule has 6 aromatic rings. The van der Waals surface area contributed by atoms with Gasteiger partial charge in [-0.3, -0.25) is 9.35 Å². The molecule has 0 bridgehead atoms. The van der Waals surface area contributed by atoms with E-state index >= 15 is 0 Å². The van der Waals surface area contributed by atoms with Crippen LogP contribution in [0, 0.1) is 0 Å². The Morgan fingerprint density at radius 1 is 0.744 bits per heavy atom. The molecule has 5 aromatic carbocycles. The van der Waals surface area contributed by atoms with Crippen LogP contribution in [0.4, 0.5) is 11.4 Å². The second-order valence-corrected chi connectivity index (χ2v) is 11.1. The van der Waals surface area contributed by atoms with Crippen molar-refractivity contribution in [2.75, 3.05) is 0 Å². The number of hydrogen-bond donors (Lipinski definition) is 2. The molecule has 0 amide bonds. The van der Waals surface area contributed by atoms with Crippen LogP contribution >= 0.6 is 0 Å². The molecule has 0 saturated heterocycles. The molecular weight excluding hydrogens is 568 g/mol. The number of rotatable bonds is 7. The highest BCUT2D eigenvalue weighted by Gasteiger charge is 2.32. The third-order valence-electron chi connectivity index (χ3n) is 7.06. The van der Waals surface area contributed by atoms with Gasteiger partial charge in [-0.15, -0.1) is 10.2 Å². The summed E-state index contributed by atoms with van der Waals surface area (Å²) in [5.74, 6) is -2.29. The second kappa shape index (κ2) is 11.1. The van der Waals surface area contributed by atoms with E-state index in [1.807, 2.05) is 24.3 Å². The van der Waals surface area contributed by atoms with Gasteiger partial charge in [0.2, 0.25) is 0 Å². The molecule has 0 fully saturated rings. The van der Waals surface area contributed by atoms with E-state index in [0.717, 1.165) is 16.8 Å². The van der Waals surface area contributed by atoms with Crippen LogP contribution in [0.5, 0.6) is 5.75 Å². The summed E-state index contributed by atoms with van der Waals surface area (Å²) in [6.45, 7) is 0. The monoisotopic (exact) mass is 590 g/mol. The number of hydrogen-bond acceptors (Lipinski definition) is 8. The number of azo groups is 1. The third kappa shape index (κ3) is 5.21. The normalized spacial score (nSPS) is 12.6. The Hall–Kier alpha value is -5.45. The SMILES string of the molecule is O=C(c1ccccc1)C(c1ccccc1)c1c(O)c2ccc(S(=O)(=O)O)c(N=Nc3cccc4ccccc34)c2oc1=O. The Morgan fingerprint density at radius 2 is 1.40 bits per heavy atom. The van der Waals surface area contributed by atoms with Crippen LogP contribution in [0.25, 0.3) is 21.7 Å². The quantitative estimate of drug-likeness (QED) is 0.0856. The number of aromatic hydroxyl groups is 1. The summed E-state index contributed by atoms with van der Waals surface area (Å²) < 4.78 is 40.2. The Labute approximate surface area is 245 Å². The molecule has 9 nitrogen and oxygen atoms in total. The standard InChI is InChI=1S/C33H22N2O7S/c36-30(22-13-5-2-6-14-22)27(21-11-3-1-4-12-21)28-31(37)24-18-19-26(43(39,40)41)29(32(24)42-33(28)38)35-34-25-17-9-15-20-10-7-8-16-23(20)25/h1-19,27,37H,(H,39,40,41). The van der Waals surface area contributed by atoms with Crippen molar-refractivity contribution in [3.05, 3.63) is 142 Å². The summed E-state index contributed by atoms with van der Waals surface area (Å²) in [7, 11) is -4.87. The zero-order valence-electron chi connectivity index (χ0n) is 22.3. The van der Waals surface area contributed by atoms with Gasteiger partial charge in [-0.05, 0) is 29.1 Å². The molecule has 1 atom stereocenters. The van der Waals surface area contributed by atoms with Crippen molar-refractivity contribution in [2.24, 2.45) is 10.2 Å². The Morgan fingerprint density at radius 3 is 2.12 bits per heavy atom. The first-order valence-corrected chi connectivity index (χ1v) is 14.5. The first-order chi connectivity index (χ1) is 20.7. The van der Waals surface area contributed by atoms with Crippen molar-refractivity contribution in [2.45, 2.75) is 10.8 Å². The Balaban J connectivity index is 1.59. The van der Waals surface area contributed by atoms with E-state index in [4.69, 9.17) is 4.42 Å². The van der Waals surface area contributed by atoms with Gasteiger partial charge in [-0.25, -0.2) is 4.79 Å². The minimum Gasteiger partial charge on any atom is -0.507 e. The predicted octanol–water partition coefficient (Wildman–Crippen LogP) is 7.33. The molecular formula is C33H22N2O7S. The summed E-state index contributed by atoms with van der Waals surface area (Å²) in [6.07, 6.45) is 0. The second-order valence-electron chi connectivity index (χ2n) is 9.69. The van der Waals surface area contributed by atoms with E-state index < -0.39 is 49.4 Å². The summed E-state index contributed by atoms with van der Waals surface area (Å²) in [4.78, 5) is 26.7. The summed E-state index contributed by atoms with van der Waals surface area (Å²) in [5, 5.41) is 21.3. The molecule has 1 unspecified atom stereocenters. The lowest BCUT2D eigenvalue weighted by atomic mass is 9.84. The van der Waals surface area contributed by atoms with E-state index in [1.54, 1.807) is 78.9 Å². The Bertz CT molecular complexity index is 2210.